The highest BCUT2D eigenvalue weighted by Crippen LogP contribution is 2.25. The highest BCUT2D eigenvalue weighted by molar-refractivity contribution is 5.31. The molecule has 0 amide bonds. The van der Waals surface area contributed by atoms with Gasteiger partial charge in [0.1, 0.15) is 0 Å². The summed E-state index contributed by atoms with van der Waals surface area (Å²) in [5, 5.41) is 3.27. The summed E-state index contributed by atoms with van der Waals surface area (Å²) < 4.78 is 31.6. The number of piperidine rings is 1. The van der Waals surface area contributed by atoms with Crippen molar-refractivity contribution in [3.05, 3.63) is 29.3 Å². The standard InChI is InChI=1S/C13H17F2NO/c1-17-13-11(14)7-10(8-12(13)15)6-9-2-4-16-5-3-9/h7-9,16H,2-6H2,1H3. The molecule has 1 aromatic carbocycles. The zero-order chi connectivity index (χ0) is 12.3. The molecule has 0 saturated carbocycles. The summed E-state index contributed by atoms with van der Waals surface area (Å²) in [6.07, 6.45) is 2.87. The average Bonchev–Trinajstić information content (AvgIpc) is 2.30. The van der Waals surface area contributed by atoms with E-state index in [2.05, 4.69) is 10.1 Å². The molecular formula is C13H17F2NO. The summed E-state index contributed by atoms with van der Waals surface area (Å²) in [5.41, 5.74) is 0.715. The number of benzene rings is 1. The van der Waals surface area contributed by atoms with Crippen LogP contribution in [0.5, 0.6) is 5.75 Å². The average molecular weight is 241 g/mol. The number of ether oxygens (including phenoxy) is 1. The second-order valence-electron chi connectivity index (χ2n) is 4.49. The molecule has 0 atom stereocenters. The van der Waals surface area contributed by atoms with Crippen LogP contribution in [-0.4, -0.2) is 20.2 Å². The van der Waals surface area contributed by atoms with Gasteiger partial charge < -0.3 is 10.1 Å². The monoisotopic (exact) mass is 241 g/mol. The quantitative estimate of drug-likeness (QED) is 0.878. The second kappa shape index (κ2) is 5.45. The Bertz CT molecular complexity index is 366. The number of hydrogen-bond acceptors (Lipinski definition) is 2. The van der Waals surface area contributed by atoms with Crippen molar-refractivity contribution in [1.82, 2.24) is 5.32 Å². The van der Waals surface area contributed by atoms with E-state index in [-0.39, 0.29) is 5.75 Å². The molecule has 2 rings (SSSR count). The van der Waals surface area contributed by atoms with Gasteiger partial charge in [-0.3, -0.25) is 0 Å². The molecule has 0 spiro atoms. The van der Waals surface area contributed by atoms with Gasteiger partial charge in [0.2, 0.25) is 0 Å². The van der Waals surface area contributed by atoms with E-state index in [1.165, 1.54) is 19.2 Å². The molecule has 1 heterocycles. The van der Waals surface area contributed by atoms with Gasteiger partial charge in [0, 0.05) is 0 Å². The minimum absolute atomic E-state index is 0.293. The Morgan fingerprint density at radius 3 is 2.35 bits per heavy atom. The van der Waals surface area contributed by atoms with E-state index in [4.69, 9.17) is 0 Å². The number of nitrogens with one attached hydrogen (secondary N) is 1. The molecule has 0 unspecified atom stereocenters. The van der Waals surface area contributed by atoms with Crippen molar-refractivity contribution in [2.75, 3.05) is 20.2 Å². The normalized spacial score (nSPS) is 17.1. The van der Waals surface area contributed by atoms with Crippen molar-refractivity contribution in [3.8, 4) is 5.75 Å². The Balaban J connectivity index is 2.10. The van der Waals surface area contributed by atoms with Gasteiger partial charge >= 0.3 is 0 Å². The third-order valence-corrected chi connectivity index (χ3v) is 3.25. The third kappa shape index (κ3) is 2.94. The maximum atomic E-state index is 13.5. The number of halogens is 2. The SMILES string of the molecule is COc1c(F)cc(CC2CCNCC2)cc1F. The van der Waals surface area contributed by atoms with Crippen LogP contribution in [0.1, 0.15) is 18.4 Å². The third-order valence-electron chi connectivity index (χ3n) is 3.25. The fraction of sp³-hybridized carbons (Fsp3) is 0.538. The van der Waals surface area contributed by atoms with Gasteiger partial charge in [-0.05, 0) is 56.0 Å². The van der Waals surface area contributed by atoms with Crippen LogP contribution < -0.4 is 10.1 Å². The molecule has 94 valence electrons. The molecule has 1 aliphatic heterocycles. The lowest BCUT2D eigenvalue weighted by Gasteiger charge is -2.22. The molecule has 1 aromatic rings. The predicted molar refractivity (Wildman–Crippen MR) is 62.2 cm³/mol. The zero-order valence-corrected chi connectivity index (χ0v) is 9.93. The first kappa shape index (κ1) is 12.3. The maximum absolute atomic E-state index is 13.5. The lowest BCUT2D eigenvalue weighted by molar-refractivity contribution is 0.354. The fourth-order valence-electron chi connectivity index (χ4n) is 2.34. The molecule has 0 bridgehead atoms. The van der Waals surface area contributed by atoms with E-state index < -0.39 is 11.6 Å². The van der Waals surface area contributed by atoms with E-state index in [1.807, 2.05) is 0 Å². The van der Waals surface area contributed by atoms with Crippen molar-refractivity contribution in [3.63, 3.8) is 0 Å². The maximum Gasteiger partial charge on any atom is 0.190 e. The smallest absolute Gasteiger partial charge is 0.190 e. The first-order valence-corrected chi connectivity index (χ1v) is 5.93. The number of rotatable bonds is 3. The highest BCUT2D eigenvalue weighted by atomic mass is 19.1. The van der Waals surface area contributed by atoms with E-state index >= 15 is 0 Å². The minimum atomic E-state index is -0.614. The van der Waals surface area contributed by atoms with Gasteiger partial charge in [-0.2, -0.15) is 0 Å². The van der Waals surface area contributed by atoms with E-state index in [0.717, 1.165) is 32.4 Å². The van der Waals surface area contributed by atoms with Crippen LogP contribution in [0.25, 0.3) is 0 Å². The van der Waals surface area contributed by atoms with Crippen LogP contribution in [0.2, 0.25) is 0 Å². The predicted octanol–water partition coefficient (Wildman–Crippen LogP) is 2.52. The summed E-state index contributed by atoms with van der Waals surface area (Å²) in [4.78, 5) is 0. The van der Waals surface area contributed by atoms with Crippen LogP contribution in [-0.2, 0) is 6.42 Å². The molecule has 0 aliphatic carbocycles. The van der Waals surface area contributed by atoms with Gasteiger partial charge in [0.05, 0.1) is 7.11 Å². The van der Waals surface area contributed by atoms with Gasteiger partial charge in [0.15, 0.2) is 17.4 Å². The highest BCUT2D eigenvalue weighted by Gasteiger charge is 2.16. The zero-order valence-electron chi connectivity index (χ0n) is 9.93. The van der Waals surface area contributed by atoms with Crippen molar-refractivity contribution in [2.45, 2.75) is 19.3 Å². The minimum Gasteiger partial charge on any atom is -0.491 e. The van der Waals surface area contributed by atoms with Gasteiger partial charge in [-0.25, -0.2) is 8.78 Å². The van der Waals surface area contributed by atoms with Crippen LogP contribution in [0.4, 0.5) is 8.78 Å². The molecule has 1 saturated heterocycles. The molecule has 1 fully saturated rings. The molecule has 2 nitrogen and oxygen atoms in total. The molecule has 0 aromatic heterocycles. The summed E-state index contributed by atoms with van der Waals surface area (Å²) in [6, 6.07) is 2.76. The summed E-state index contributed by atoms with van der Waals surface area (Å²) in [5.74, 6) is -1.00. The first-order valence-electron chi connectivity index (χ1n) is 5.93. The van der Waals surface area contributed by atoms with Crippen LogP contribution in [0.15, 0.2) is 12.1 Å². The molecule has 17 heavy (non-hydrogen) atoms. The van der Waals surface area contributed by atoms with Crippen LogP contribution in [0.3, 0.4) is 0 Å². The van der Waals surface area contributed by atoms with E-state index in [1.54, 1.807) is 0 Å². The number of methoxy groups -OCH3 is 1. The van der Waals surface area contributed by atoms with Crippen molar-refractivity contribution < 1.29 is 13.5 Å². The Morgan fingerprint density at radius 1 is 1.24 bits per heavy atom. The van der Waals surface area contributed by atoms with Gasteiger partial charge in [-0.1, -0.05) is 0 Å². The molecule has 1 N–H and O–H groups in total. The summed E-state index contributed by atoms with van der Waals surface area (Å²) in [7, 11) is 1.27. The molecule has 1 aliphatic rings. The topological polar surface area (TPSA) is 21.3 Å². The molecular weight excluding hydrogens is 224 g/mol. The van der Waals surface area contributed by atoms with Crippen molar-refractivity contribution in [2.24, 2.45) is 5.92 Å². The lowest BCUT2D eigenvalue weighted by atomic mass is 9.91. The van der Waals surface area contributed by atoms with Crippen molar-refractivity contribution in [1.29, 1.82) is 0 Å². The lowest BCUT2D eigenvalue weighted by Crippen LogP contribution is -2.28. The fourth-order valence-corrected chi connectivity index (χ4v) is 2.34. The molecule has 4 heteroatoms. The summed E-state index contributed by atoms with van der Waals surface area (Å²) >= 11 is 0. The van der Waals surface area contributed by atoms with E-state index in [0.29, 0.717) is 11.5 Å². The van der Waals surface area contributed by atoms with Crippen LogP contribution >= 0.6 is 0 Å². The molecule has 0 radical (unpaired) electrons. The second-order valence-corrected chi connectivity index (χ2v) is 4.49. The largest absolute Gasteiger partial charge is 0.491 e. The van der Waals surface area contributed by atoms with E-state index in [9.17, 15) is 8.78 Å². The Hall–Kier alpha value is -1.16. The Labute approximate surface area is 100.0 Å². The Morgan fingerprint density at radius 2 is 1.82 bits per heavy atom. The number of hydrogen-bond donors (Lipinski definition) is 1. The van der Waals surface area contributed by atoms with Crippen molar-refractivity contribution >= 4 is 0 Å². The van der Waals surface area contributed by atoms with Crippen LogP contribution in [0, 0.1) is 17.6 Å². The summed E-state index contributed by atoms with van der Waals surface area (Å²) in [6.45, 7) is 1.98. The van der Waals surface area contributed by atoms with Gasteiger partial charge in [0.25, 0.3) is 0 Å². The Kier molecular flexibility index (Phi) is 3.94. The van der Waals surface area contributed by atoms with Gasteiger partial charge in [-0.15, -0.1) is 0 Å². The first-order chi connectivity index (χ1) is 8.20.